The van der Waals surface area contributed by atoms with E-state index in [0.717, 1.165) is 38.3 Å². The molecule has 17 heavy (non-hydrogen) atoms. The van der Waals surface area contributed by atoms with E-state index < -0.39 is 0 Å². The van der Waals surface area contributed by atoms with Crippen LogP contribution in [0.25, 0.3) is 0 Å². The number of halogens is 1. The number of nitrogens with zero attached hydrogens (tertiary/aromatic N) is 2. The first-order valence-electron chi connectivity index (χ1n) is 6.18. The van der Waals surface area contributed by atoms with E-state index in [9.17, 15) is 0 Å². The Labute approximate surface area is 108 Å². The van der Waals surface area contributed by atoms with Crippen LogP contribution in [0.5, 0.6) is 5.75 Å². The third-order valence-corrected chi connectivity index (χ3v) is 3.29. The molecule has 1 aromatic carbocycles. The van der Waals surface area contributed by atoms with Gasteiger partial charge >= 0.3 is 0 Å². The Morgan fingerprint density at radius 3 is 2.82 bits per heavy atom. The Balaban J connectivity index is 2.14. The summed E-state index contributed by atoms with van der Waals surface area (Å²) < 4.78 is 7.53. The molecule has 1 heterocycles. The third-order valence-electron chi connectivity index (χ3n) is 2.95. The van der Waals surface area contributed by atoms with E-state index in [1.807, 2.05) is 23.5 Å². The highest BCUT2D eigenvalue weighted by Gasteiger charge is 2.16. The summed E-state index contributed by atoms with van der Waals surface area (Å²) in [5.41, 5.74) is 1.18. The van der Waals surface area contributed by atoms with E-state index in [-0.39, 0.29) is 0 Å². The maximum atomic E-state index is 6.05. The number of anilines is 1. The van der Waals surface area contributed by atoms with Crippen LogP contribution >= 0.6 is 11.8 Å². The fourth-order valence-corrected chi connectivity index (χ4v) is 2.32. The van der Waals surface area contributed by atoms with E-state index in [1.54, 1.807) is 0 Å². The van der Waals surface area contributed by atoms with Crippen LogP contribution in [0.4, 0.5) is 5.69 Å². The van der Waals surface area contributed by atoms with E-state index in [0.29, 0.717) is 6.61 Å². The van der Waals surface area contributed by atoms with Gasteiger partial charge in [0.15, 0.2) is 0 Å². The largest absolute Gasteiger partial charge is 0.492 e. The third kappa shape index (κ3) is 3.27. The summed E-state index contributed by atoms with van der Waals surface area (Å²) in [4.78, 5) is 2.35. The molecule has 0 radical (unpaired) electrons. The van der Waals surface area contributed by atoms with E-state index in [2.05, 4.69) is 17.0 Å². The summed E-state index contributed by atoms with van der Waals surface area (Å²) in [6.45, 7) is 6.55. The lowest BCUT2D eigenvalue weighted by Crippen LogP contribution is -2.27. The van der Waals surface area contributed by atoms with Crippen molar-refractivity contribution in [2.45, 2.75) is 13.3 Å². The molecule has 3 nitrogen and oxygen atoms in total. The molecule has 4 heteroatoms. The summed E-state index contributed by atoms with van der Waals surface area (Å²) in [6, 6.07) is 8.22. The van der Waals surface area contributed by atoms with Gasteiger partial charge in [0, 0.05) is 26.2 Å². The monoisotopic (exact) mass is 254 g/mol. The highest BCUT2D eigenvalue weighted by molar-refractivity contribution is 6.13. The fraction of sp³-hybridized carbons (Fsp3) is 0.538. The first kappa shape index (κ1) is 12.5. The minimum Gasteiger partial charge on any atom is -0.492 e. The van der Waals surface area contributed by atoms with Crippen molar-refractivity contribution < 1.29 is 4.74 Å². The van der Waals surface area contributed by atoms with Gasteiger partial charge in [0.2, 0.25) is 0 Å². The fourth-order valence-electron chi connectivity index (χ4n) is 2.12. The van der Waals surface area contributed by atoms with Crippen LogP contribution in [0.15, 0.2) is 24.3 Å². The number of para-hydroxylation sites is 2. The minimum absolute atomic E-state index is 0.701. The molecule has 1 fully saturated rings. The summed E-state index contributed by atoms with van der Waals surface area (Å²) in [7, 11) is 0. The quantitative estimate of drug-likeness (QED) is 0.772. The Kier molecular flexibility index (Phi) is 4.51. The van der Waals surface area contributed by atoms with Crippen LogP contribution in [0.1, 0.15) is 13.3 Å². The van der Waals surface area contributed by atoms with Crippen molar-refractivity contribution in [1.29, 1.82) is 0 Å². The zero-order valence-electron chi connectivity index (χ0n) is 10.2. The molecule has 1 saturated heterocycles. The van der Waals surface area contributed by atoms with Gasteiger partial charge in [-0.05, 0) is 37.3 Å². The minimum atomic E-state index is 0.701. The van der Waals surface area contributed by atoms with Crippen molar-refractivity contribution in [1.82, 2.24) is 4.42 Å². The molecule has 0 spiro atoms. The Bertz CT molecular complexity index is 359. The molecular formula is C13H19ClN2O. The second kappa shape index (κ2) is 6.12. The summed E-state index contributed by atoms with van der Waals surface area (Å²) >= 11 is 6.05. The molecule has 0 atom stereocenters. The van der Waals surface area contributed by atoms with Crippen molar-refractivity contribution in [3.8, 4) is 5.75 Å². The summed E-state index contributed by atoms with van der Waals surface area (Å²) in [5.74, 6) is 0.970. The van der Waals surface area contributed by atoms with E-state index in [4.69, 9.17) is 16.5 Å². The van der Waals surface area contributed by atoms with Crippen LogP contribution < -0.4 is 9.64 Å². The highest BCUT2D eigenvalue weighted by atomic mass is 35.5. The lowest BCUT2D eigenvalue weighted by molar-refractivity contribution is 0.340. The van der Waals surface area contributed by atoms with Crippen molar-refractivity contribution in [3.63, 3.8) is 0 Å². The molecule has 1 aromatic rings. The molecule has 1 aliphatic heterocycles. The molecule has 0 N–H and O–H groups in total. The standard InChI is InChI=1S/C13H19ClN2O/c1-2-17-13-7-4-3-6-12(13)15-8-5-9-16(14)11-10-15/h3-4,6-7H,2,5,8-11H2,1H3. The molecule has 0 aliphatic carbocycles. The topological polar surface area (TPSA) is 15.7 Å². The van der Waals surface area contributed by atoms with Crippen LogP contribution in [-0.2, 0) is 0 Å². The number of rotatable bonds is 3. The van der Waals surface area contributed by atoms with Gasteiger partial charge < -0.3 is 9.64 Å². The Morgan fingerprint density at radius 1 is 1.18 bits per heavy atom. The second-order valence-corrected chi connectivity index (χ2v) is 4.63. The Morgan fingerprint density at radius 2 is 2.00 bits per heavy atom. The second-order valence-electron chi connectivity index (χ2n) is 4.15. The van der Waals surface area contributed by atoms with Crippen LogP contribution in [0, 0.1) is 0 Å². The maximum Gasteiger partial charge on any atom is 0.142 e. The molecule has 0 unspecified atom stereocenters. The van der Waals surface area contributed by atoms with Crippen molar-refractivity contribution >= 4 is 17.5 Å². The summed E-state index contributed by atoms with van der Waals surface area (Å²) in [6.07, 6.45) is 1.09. The zero-order chi connectivity index (χ0) is 12.1. The van der Waals surface area contributed by atoms with Gasteiger partial charge in [0.25, 0.3) is 0 Å². The van der Waals surface area contributed by atoms with Crippen LogP contribution in [0.3, 0.4) is 0 Å². The molecule has 0 bridgehead atoms. The maximum absolute atomic E-state index is 6.05. The number of hydrogen-bond donors (Lipinski definition) is 0. The first-order chi connectivity index (χ1) is 8.31. The van der Waals surface area contributed by atoms with Crippen molar-refractivity contribution in [2.24, 2.45) is 0 Å². The lowest BCUT2D eigenvalue weighted by atomic mass is 10.2. The van der Waals surface area contributed by atoms with Gasteiger partial charge in [0.1, 0.15) is 5.75 Å². The molecule has 0 amide bonds. The average Bonchev–Trinajstić information content (AvgIpc) is 2.55. The van der Waals surface area contributed by atoms with E-state index >= 15 is 0 Å². The van der Waals surface area contributed by atoms with Crippen LogP contribution in [-0.4, -0.2) is 37.2 Å². The predicted molar refractivity (Wildman–Crippen MR) is 71.9 cm³/mol. The van der Waals surface area contributed by atoms with Gasteiger partial charge in [0.05, 0.1) is 12.3 Å². The van der Waals surface area contributed by atoms with E-state index in [1.165, 1.54) is 5.69 Å². The van der Waals surface area contributed by atoms with Crippen molar-refractivity contribution in [3.05, 3.63) is 24.3 Å². The normalized spacial score (nSPS) is 17.9. The molecule has 2 rings (SSSR count). The predicted octanol–water partition coefficient (Wildman–Crippen LogP) is 2.75. The Hall–Kier alpha value is -0.930. The van der Waals surface area contributed by atoms with Gasteiger partial charge in [-0.1, -0.05) is 12.1 Å². The lowest BCUT2D eigenvalue weighted by Gasteiger charge is -2.24. The van der Waals surface area contributed by atoms with Crippen LogP contribution in [0.2, 0.25) is 0 Å². The molecular weight excluding hydrogens is 236 g/mol. The SMILES string of the molecule is CCOc1ccccc1N1CCCN(Cl)CC1. The van der Waals surface area contributed by atoms with Gasteiger partial charge in [-0.2, -0.15) is 0 Å². The molecule has 0 aromatic heterocycles. The first-order valence-corrected chi connectivity index (χ1v) is 6.52. The van der Waals surface area contributed by atoms with Gasteiger partial charge in [-0.15, -0.1) is 0 Å². The van der Waals surface area contributed by atoms with Gasteiger partial charge in [-0.25, -0.2) is 4.42 Å². The smallest absolute Gasteiger partial charge is 0.142 e. The average molecular weight is 255 g/mol. The zero-order valence-corrected chi connectivity index (χ0v) is 11.0. The molecule has 0 saturated carbocycles. The number of benzene rings is 1. The number of ether oxygens (including phenoxy) is 1. The van der Waals surface area contributed by atoms with Gasteiger partial charge in [-0.3, -0.25) is 0 Å². The summed E-state index contributed by atoms with van der Waals surface area (Å²) in [5, 5.41) is 0. The molecule has 1 aliphatic rings. The van der Waals surface area contributed by atoms with Crippen molar-refractivity contribution in [2.75, 3.05) is 37.7 Å². The highest BCUT2D eigenvalue weighted by Crippen LogP contribution is 2.28. The number of hydrogen-bond acceptors (Lipinski definition) is 3. The molecule has 94 valence electrons.